The van der Waals surface area contributed by atoms with Gasteiger partial charge in [0, 0.05) is 18.8 Å². The predicted molar refractivity (Wildman–Crippen MR) is 105 cm³/mol. The lowest BCUT2D eigenvalue weighted by atomic mass is 10.1. The highest BCUT2D eigenvalue weighted by atomic mass is 32.2. The highest BCUT2D eigenvalue weighted by Crippen LogP contribution is 2.29. The molecule has 1 fully saturated rings. The number of carbonyl (C=O) groups excluding carboxylic acids is 4. The van der Waals surface area contributed by atoms with E-state index >= 15 is 0 Å². The van der Waals surface area contributed by atoms with Gasteiger partial charge in [0.15, 0.2) is 5.37 Å². The Hall–Kier alpha value is -3.13. The third-order valence-corrected chi connectivity index (χ3v) is 5.68. The number of rotatable bonds is 5. The minimum absolute atomic E-state index is 0.0256. The van der Waals surface area contributed by atoms with Crippen LogP contribution in [0.3, 0.4) is 0 Å². The molecule has 8 heteroatoms. The maximum atomic E-state index is 12.6. The number of imide groups is 2. The number of benzene rings is 2. The van der Waals surface area contributed by atoms with E-state index in [4.69, 9.17) is 0 Å². The van der Waals surface area contributed by atoms with Crippen molar-refractivity contribution in [3.05, 3.63) is 65.2 Å². The molecule has 4 rings (SSSR count). The number of nitrogens with one attached hydrogen (secondary N) is 1. The SMILES string of the molecule is Cc1ccc(N[C@@H]2SC(=O)N(CCN3C(=O)c4ccccc4C3=O)C2=O)cc1. The van der Waals surface area contributed by atoms with Crippen molar-refractivity contribution in [1.82, 2.24) is 9.80 Å². The van der Waals surface area contributed by atoms with Crippen molar-refractivity contribution >= 4 is 40.4 Å². The van der Waals surface area contributed by atoms with E-state index in [1.165, 1.54) is 0 Å². The molecule has 2 heterocycles. The van der Waals surface area contributed by atoms with Gasteiger partial charge in [0.1, 0.15) is 0 Å². The first-order valence-corrected chi connectivity index (χ1v) is 9.64. The summed E-state index contributed by atoms with van der Waals surface area (Å²) in [6.45, 7) is 1.91. The van der Waals surface area contributed by atoms with Gasteiger partial charge in [0.05, 0.1) is 11.1 Å². The highest BCUT2D eigenvalue weighted by molar-refractivity contribution is 8.15. The maximum Gasteiger partial charge on any atom is 0.290 e. The van der Waals surface area contributed by atoms with Crippen molar-refractivity contribution in [1.29, 1.82) is 0 Å². The van der Waals surface area contributed by atoms with Crippen LogP contribution in [0.1, 0.15) is 26.3 Å². The third-order valence-electron chi connectivity index (χ3n) is 4.70. The van der Waals surface area contributed by atoms with Crippen LogP contribution in [0.25, 0.3) is 0 Å². The van der Waals surface area contributed by atoms with E-state index in [9.17, 15) is 19.2 Å². The number of hydrogen-bond acceptors (Lipinski definition) is 6. The average Bonchev–Trinajstić information content (AvgIpc) is 3.09. The number of anilines is 1. The predicted octanol–water partition coefficient (Wildman–Crippen LogP) is 2.72. The molecule has 4 amide bonds. The molecular weight excluding hydrogens is 378 g/mol. The first-order chi connectivity index (χ1) is 13.5. The second kappa shape index (κ2) is 7.12. The molecule has 0 aromatic heterocycles. The lowest BCUT2D eigenvalue weighted by Gasteiger charge is -2.19. The van der Waals surface area contributed by atoms with Gasteiger partial charge < -0.3 is 5.32 Å². The largest absolute Gasteiger partial charge is 0.365 e. The third kappa shape index (κ3) is 3.16. The lowest BCUT2D eigenvalue weighted by molar-refractivity contribution is -0.126. The maximum absolute atomic E-state index is 12.6. The second-order valence-electron chi connectivity index (χ2n) is 6.57. The molecule has 2 aliphatic heterocycles. The monoisotopic (exact) mass is 395 g/mol. The van der Waals surface area contributed by atoms with E-state index in [2.05, 4.69) is 5.32 Å². The lowest BCUT2D eigenvalue weighted by Crippen LogP contribution is -2.41. The summed E-state index contributed by atoms with van der Waals surface area (Å²) < 4.78 is 0. The minimum Gasteiger partial charge on any atom is -0.365 e. The number of aryl methyl sites for hydroxylation is 1. The summed E-state index contributed by atoms with van der Waals surface area (Å²) in [6.07, 6.45) is 0. The van der Waals surface area contributed by atoms with Gasteiger partial charge in [-0.2, -0.15) is 0 Å². The number of amides is 4. The van der Waals surface area contributed by atoms with Gasteiger partial charge in [-0.15, -0.1) is 0 Å². The molecule has 0 spiro atoms. The Morgan fingerprint density at radius 3 is 2.04 bits per heavy atom. The number of nitrogens with zero attached hydrogens (tertiary/aromatic N) is 2. The summed E-state index contributed by atoms with van der Waals surface area (Å²) in [6, 6.07) is 14.1. The fourth-order valence-electron chi connectivity index (χ4n) is 3.18. The zero-order valence-corrected chi connectivity index (χ0v) is 15.9. The Balaban J connectivity index is 1.41. The van der Waals surface area contributed by atoms with E-state index in [1.807, 2.05) is 31.2 Å². The number of hydrogen-bond donors (Lipinski definition) is 1. The molecule has 0 radical (unpaired) electrons. The summed E-state index contributed by atoms with van der Waals surface area (Å²) in [5.41, 5.74) is 2.53. The minimum atomic E-state index is -0.725. The van der Waals surface area contributed by atoms with Crippen LogP contribution in [-0.2, 0) is 4.79 Å². The molecule has 2 aliphatic rings. The zero-order valence-electron chi connectivity index (χ0n) is 15.0. The highest BCUT2D eigenvalue weighted by Gasteiger charge is 2.41. The van der Waals surface area contributed by atoms with Crippen LogP contribution in [0, 0.1) is 6.92 Å². The molecular formula is C20H17N3O4S. The van der Waals surface area contributed by atoms with Gasteiger partial charge in [-0.1, -0.05) is 29.8 Å². The quantitative estimate of drug-likeness (QED) is 0.784. The van der Waals surface area contributed by atoms with Crippen LogP contribution < -0.4 is 5.32 Å². The van der Waals surface area contributed by atoms with Gasteiger partial charge in [0.25, 0.3) is 23.0 Å². The molecule has 142 valence electrons. The number of carbonyl (C=O) groups is 4. The van der Waals surface area contributed by atoms with Crippen LogP contribution >= 0.6 is 11.8 Å². The van der Waals surface area contributed by atoms with Crippen LogP contribution in [0.15, 0.2) is 48.5 Å². The molecule has 1 N–H and O–H groups in total. The molecule has 0 aliphatic carbocycles. The van der Waals surface area contributed by atoms with Gasteiger partial charge in [-0.3, -0.25) is 29.0 Å². The molecule has 28 heavy (non-hydrogen) atoms. The van der Waals surface area contributed by atoms with E-state index < -0.39 is 22.4 Å². The van der Waals surface area contributed by atoms with E-state index in [0.717, 1.165) is 32.8 Å². The molecule has 7 nitrogen and oxygen atoms in total. The van der Waals surface area contributed by atoms with Gasteiger partial charge in [-0.05, 0) is 43.0 Å². The summed E-state index contributed by atoms with van der Waals surface area (Å²) in [5.74, 6) is -1.18. The normalized spacial score (nSPS) is 18.8. The Labute approximate surface area is 165 Å². The number of fused-ring (bicyclic) bond motifs is 1. The van der Waals surface area contributed by atoms with Crippen molar-refractivity contribution in [3.63, 3.8) is 0 Å². The van der Waals surface area contributed by atoms with Crippen molar-refractivity contribution in [3.8, 4) is 0 Å². The van der Waals surface area contributed by atoms with Crippen LogP contribution in [0.2, 0.25) is 0 Å². The molecule has 1 atom stereocenters. The zero-order chi connectivity index (χ0) is 19.8. The van der Waals surface area contributed by atoms with Crippen LogP contribution in [-0.4, -0.2) is 51.2 Å². The smallest absolute Gasteiger partial charge is 0.290 e. The van der Waals surface area contributed by atoms with Crippen LogP contribution in [0.4, 0.5) is 10.5 Å². The summed E-state index contributed by atoms with van der Waals surface area (Å²) >= 11 is 0.890. The van der Waals surface area contributed by atoms with E-state index in [0.29, 0.717) is 11.1 Å². The Morgan fingerprint density at radius 1 is 0.857 bits per heavy atom. The molecule has 2 aromatic carbocycles. The Bertz CT molecular complexity index is 954. The van der Waals surface area contributed by atoms with Crippen molar-refractivity contribution in [2.45, 2.75) is 12.3 Å². The van der Waals surface area contributed by atoms with Crippen molar-refractivity contribution < 1.29 is 19.2 Å². The van der Waals surface area contributed by atoms with E-state index in [1.54, 1.807) is 24.3 Å². The topological polar surface area (TPSA) is 86.8 Å². The van der Waals surface area contributed by atoms with Crippen LogP contribution in [0.5, 0.6) is 0 Å². The molecule has 0 saturated carbocycles. The van der Waals surface area contributed by atoms with E-state index in [-0.39, 0.29) is 19.0 Å². The summed E-state index contributed by atoms with van der Waals surface area (Å²) in [7, 11) is 0. The Kier molecular flexibility index (Phi) is 4.64. The molecule has 1 saturated heterocycles. The summed E-state index contributed by atoms with van der Waals surface area (Å²) in [5, 5.41) is 1.92. The fourth-order valence-corrected chi connectivity index (χ4v) is 4.12. The molecule has 0 unspecified atom stereocenters. The van der Waals surface area contributed by atoms with Gasteiger partial charge >= 0.3 is 0 Å². The summed E-state index contributed by atoms with van der Waals surface area (Å²) in [4.78, 5) is 51.8. The fraction of sp³-hybridized carbons (Fsp3) is 0.200. The van der Waals surface area contributed by atoms with Gasteiger partial charge in [-0.25, -0.2) is 0 Å². The van der Waals surface area contributed by atoms with Gasteiger partial charge in [0.2, 0.25) is 0 Å². The molecule has 0 bridgehead atoms. The second-order valence-corrected chi connectivity index (χ2v) is 7.63. The number of thioether (sulfide) groups is 1. The van der Waals surface area contributed by atoms with Crippen molar-refractivity contribution in [2.24, 2.45) is 0 Å². The first-order valence-electron chi connectivity index (χ1n) is 8.76. The standard InChI is InChI=1S/C20H17N3O4S/c1-12-6-8-13(9-7-12)21-16-19(26)23(20(27)28-16)11-10-22-17(24)14-4-2-3-5-15(14)18(22)25/h2-9,16,21H,10-11H2,1H3/t16-/m1/s1. The van der Waals surface area contributed by atoms with Crippen molar-refractivity contribution in [2.75, 3.05) is 18.4 Å². The Morgan fingerprint density at radius 2 is 1.43 bits per heavy atom. The molecule has 2 aromatic rings. The average molecular weight is 395 g/mol. The first kappa shape index (κ1) is 18.2.